The van der Waals surface area contributed by atoms with Crippen molar-refractivity contribution in [3.05, 3.63) is 63.1 Å². The maximum absolute atomic E-state index is 5.99. The molecule has 0 saturated heterocycles. The highest BCUT2D eigenvalue weighted by atomic mass is 79.9. The van der Waals surface area contributed by atoms with Crippen molar-refractivity contribution in [1.82, 2.24) is 0 Å². The predicted molar refractivity (Wildman–Crippen MR) is 82.8 cm³/mol. The first-order valence-electron chi connectivity index (χ1n) is 5.99. The van der Waals surface area contributed by atoms with Gasteiger partial charge in [0.2, 0.25) is 0 Å². The molecule has 1 atom stereocenters. The molecule has 0 fully saturated rings. The lowest BCUT2D eigenvalue weighted by atomic mass is 10.0. The molecule has 0 aliphatic rings. The fraction of sp³-hybridized carbons (Fsp3) is 0.200. The van der Waals surface area contributed by atoms with Gasteiger partial charge in [-0.1, -0.05) is 35.9 Å². The van der Waals surface area contributed by atoms with E-state index in [1.54, 1.807) is 6.07 Å². The Bertz CT molecular complexity index is 574. The van der Waals surface area contributed by atoms with Crippen molar-refractivity contribution in [3.63, 3.8) is 0 Å². The third kappa shape index (κ3) is 3.50. The summed E-state index contributed by atoms with van der Waals surface area (Å²) in [6, 6.07) is 13.5. The zero-order chi connectivity index (χ0) is 13.8. The molecule has 0 aliphatic carbocycles. The van der Waals surface area contributed by atoms with E-state index in [4.69, 9.17) is 22.1 Å². The predicted octanol–water partition coefficient (Wildman–Crippen LogP) is 4.49. The minimum atomic E-state index is -0.168. The zero-order valence-corrected chi connectivity index (χ0v) is 12.9. The van der Waals surface area contributed by atoms with Crippen molar-refractivity contribution in [2.24, 2.45) is 5.73 Å². The van der Waals surface area contributed by atoms with Crippen molar-refractivity contribution < 1.29 is 4.74 Å². The molecule has 4 heteroatoms. The molecule has 0 spiro atoms. The fourth-order valence-corrected chi connectivity index (χ4v) is 2.69. The molecule has 2 N–H and O–H groups in total. The first-order valence-corrected chi connectivity index (χ1v) is 7.16. The smallest absolute Gasteiger partial charge is 0.136 e. The number of rotatable bonds is 4. The summed E-state index contributed by atoms with van der Waals surface area (Å²) in [5.41, 5.74) is 8.11. The second-order valence-electron chi connectivity index (χ2n) is 4.27. The highest BCUT2D eigenvalue weighted by molar-refractivity contribution is 9.10. The van der Waals surface area contributed by atoms with Crippen LogP contribution in [0, 0.1) is 6.92 Å². The lowest BCUT2D eigenvalue weighted by Crippen LogP contribution is -2.19. The maximum Gasteiger partial charge on any atom is 0.136 e. The Kier molecular flexibility index (Phi) is 4.86. The Morgan fingerprint density at radius 3 is 2.63 bits per heavy atom. The Balaban J connectivity index is 2.27. The molecule has 0 amide bonds. The molecular formula is C15H15BrClNO. The SMILES string of the molecule is Cc1ccccc1C(CN)Oc1ccc(Cl)cc1Br. The number of nitrogens with two attached hydrogens (primary N) is 1. The average Bonchev–Trinajstić information content (AvgIpc) is 2.39. The van der Waals surface area contributed by atoms with Crippen LogP contribution in [-0.2, 0) is 0 Å². The summed E-state index contributed by atoms with van der Waals surface area (Å²) >= 11 is 9.36. The van der Waals surface area contributed by atoms with Crippen LogP contribution >= 0.6 is 27.5 Å². The van der Waals surface area contributed by atoms with Crippen LogP contribution in [0.1, 0.15) is 17.2 Å². The Labute approximate surface area is 126 Å². The third-order valence-corrected chi connectivity index (χ3v) is 3.77. The van der Waals surface area contributed by atoms with Gasteiger partial charge in [0.1, 0.15) is 11.9 Å². The molecule has 2 rings (SSSR count). The fourth-order valence-electron chi connectivity index (χ4n) is 1.91. The molecule has 1 unspecified atom stereocenters. The minimum Gasteiger partial charge on any atom is -0.483 e. The normalized spacial score (nSPS) is 12.2. The van der Waals surface area contributed by atoms with E-state index in [1.165, 1.54) is 5.56 Å². The molecule has 0 radical (unpaired) electrons. The molecule has 19 heavy (non-hydrogen) atoms. The molecule has 0 aliphatic heterocycles. The van der Waals surface area contributed by atoms with Crippen molar-refractivity contribution in [2.75, 3.05) is 6.54 Å². The van der Waals surface area contributed by atoms with Gasteiger partial charge in [0.15, 0.2) is 0 Å². The number of hydrogen-bond donors (Lipinski definition) is 1. The summed E-state index contributed by atoms with van der Waals surface area (Å²) in [4.78, 5) is 0. The van der Waals surface area contributed by atoms with Gasteiger partial charge in [-0.15, -0.1) is 0 Å². The van der Waals surface area contributed by atoms with Crippen LogP contribution in [0.25, 0.3) is 0 Å². The number of ether oxygens (including phenoxy) is 1. The summed E-state index contributed by atoms with van der Waals surface area (Å²) in [5.74, 6) is 0.739. The first kappa shape index (κ1) is 14.4. The summed E-state index contributed by atoms with van der Waals surface area (Å²) in [7, 11) is 0. The van der Waals surface area contributed by atoms with Crippen molar-refractivity contribution in [2.45, 2.75) is 13.0 Å². The lowest BCUT2D eigenvalue weighted by molar-refractivity contribution is 0.212. The van der Waals surface area contributed by atoms with Gasteiger partial charge in [-0.05, 0) is 52.2 Å². The van der Waals surface area contributed by atoms with Crippen LogP contribution in [0.15, 0.2) is 46.9 Å². The molecule has 2 nitrogen and oxygen atoms in total. The van der Waals surface area contributed by atoms with Gasteiger partial charge in [-0.3, -0.25) is 0 Å². The average molecular weight is 341 g/mol. The van der Waals surface area contributed by atoms with Crippen molar-refractivity contribution in [3.8, 4) is 5.75 Å². The molecular weight excluding hydrogens is 326 g/mol. The Morgan fingerprint density at radius 1 is 1.26 bits per heavy atom. The monoisotopic (exact) mass is 339 g/mol. The van der Waals surface area contributed by atoms with E-state index in [9.17, 15) is 0 Å². The Hall–Kier alpha value is -1.03. The largest absolute Gasteiger partial charge is 0.483 e. The van der Waals surface area contributed by atoms with Gasteiger partial charge in [0, 0.05) is 11.6 Å². The number of aryl methyl sites for hydroxylation is 1. The van der Waals surface area contributed by atoms with Gasteiger partial charge in [0.25, 0.3) is 0 Å². The third-order valence-electron chi connectivity index (χ3n) is 2.91. The summed E-state index contributed by atoms with van der Waals surface area (Å²) in [6.07, 6.45) is -0.168. The lowest BCUT2D eigenvalue weighted by Gasteiger charge is -2.20. The summed E-state index contributed by atoms with van der Waals surface area (Å²) in [6.45, 7) is 2.47. The first-order chi connectivity index (χ1) is 9.11. The summed E-state index contributed by atoms with van der Waals surface area (Å²) in [5, 5.41) is 0.666. The van der Waals surface area contributed by atoms with Crippen molar-refractivity contribution >= 4 is 27.5 Å². The standard InChI is InChI=1S/C15H15BrClNO/c1-10-4-2-3-5-12(10)15(9-18)19-14-7-6-11(17)8-13(14)16/h2-8,15H,9,18H2,1H3. The second kappa shape index (κ2) is 6.42. The van der Waals surface area contributed by atoms with Crippen LogP contribution in [-0.4, -0.2) is 6.54 Å². The number of hydrogen-bond acceptors (Lipinski definition) is 2. The van der Waals surface area contributed by atoms with Gasteiger partial charge in [0.05, 0.1) is 4.47 Å². The molecule has 0 heterocycles. The van der Waals surface area contributed by atoms with E-state index in [0.717, 1.165) is 15.8 Å². The highest BCUT2D eigenvalue weighted by Gasteiger charge is 2.15. The van der Waals surface area contributed by atoms with Crippen LogP contribution in [0.5, 0.6) is 5.75 Å². The van der Waals surface area contributed by atoms with Crippen molar-refractivity contribution in [1.29, 1.82) is 0 Å². The minimum absolute atomic E-state index is 0.168. The van der Waals surface area contributed by atoms with E-state index in [0.29, 0.717) is 11.6 Å². The number of halogens is 2. The van der Waals surface area contributed by atoms with E-state index in [2.05, 4.69) is 28.9 Å². The van der Waals surface area contributed by atoms with Crippen LogP contribution in [0.4, 0.5) is 0 Å². The van der Waals surface area contributed by atoms with E-state index in [-0.39, 0.29) is 6.10 Å². The van der Waals surface area contributed by atoms with E-state index in [1.807, 2.05) is 30.3 Å². The topological polar surface area (TPSA) is 35.2 Å². The second-order valence-corrected chi connectivity index (χ2v) is 5.56. The van der Waals surface area contributed by atoms with Crippen LogP contribution < -0.4 is 10.5 Å². The summed E-state index contributed by atoms with van der Waals surface area (Å²) < 4.78 is 6.81. The Morgan fingerprint density at radius 2 is 2.00 bits per heavy atom. The number of benzene rings is 2. The van der Waals surface area contributed by atoms with Crippen LogP contribution in [0.3, 0.4) is 0 Å². The van der Waals surface area contributed by atoms with Gasteiger partial charge < -0.3 is 10.5 Å². The zero-order valence-electron chi connectivity index (χ0n) is 10.6. The van der Waals surface area contributed by atoms with Gasteiger partial charge in [-0.25, -0.2) is 0 Å². The quantitative estimate of drug-likeness (QED) is 0.890. The maximum atomic E-state index is 5.99. The molecule has 2 aromatic carbocycles. The van der Waals surface area contributed by atoms with Gasteiger partial charge in [-0.2, -0.15) is 0 Å². The molecule has 0 aromatic heterocycles. The van der Waals surface area contributed by atoms with E-state index >= 15 is 0 Å². The molecule has 0 bridgehead atoms. The van der Waals surface area contributed by atoms with Crippen LogP contribution in [0.2, 0.25) is 5.02 Å². The highest BCUT2D eigenvalue weighted by Crippen LogP contribution is 2.32. The van der Waals surface area contributed by atoms with E-state index < -0.39 is 0 Å². The molecule has 0 saturated carbocycles. The molecule has 100 valence electrons. The molecule has 2 aromatic rings. The van der Waals surface area contributed by atoms with Gasteiger partial charge >= 0.3 is 0 Å².